The van der Waals surface area contributed by atoms with Crippen LogP contribution in [0.15, 0.2) is 18.2 Å². The second-order valence-corrected chi connectivity index (χ2v) is 5.49. The second kappa shape index (κ2) is 5.80. The molecule has 0 aromatic heterocycles. The van der Waals surface area contributed by atoms with Crippen LogP contribution in [0.1, 0.15) is 29.6 Å². The molecule has 2 rings (SSSR count). The van der Waals surface area contributed by atoms with Crippen LogP contribution in [-0.4, -0.2) is 23.0 Å². The van der Waals surface area contributed by atoms with Crippen molar-refractivity contribution in [3.05, 3.63) is 33.8 Å². The van der Waals surface area contributed by atoms with E-state index in [0.717, 1.165) is 0 Å². The Kier molecular flexibility index (Phi) is 4.32. The highest BCUT2D eigenvalue weighted by atomic mass is 35.5. The SMILES string of the molecule is O=C(N[C@@H]1CC[C@H](C(=O)O)C1)c1cc(Cl)ccc1Cl. The lowest BCUT2D eigenvalue weighted by atomic mass is 10.1. The molecule has 1 saturated carbocycles. The molecule has 0 spiro atoms. The average Bonchev–Trinajstić information content (AvgIpc) is 2.80. The molecule has 1 fully saturated rings. The number of halogens is 2. The Bertz CT molecular complexity index is 519. The van der Waals surface area contributed by atoms with Gasteiger partial charge in [0.15, 0.2) is 0 Å². The molecule has 102 valence electrons. The molecule has 1 aliphatic rings. The fraction of sp³-hybridized carbons (Fsp3) is 0.385. The third-order valence-electron chi connectivity index (χ3n) is 3.29. The third-order valence-corrected chi connectivity index (χ3v) is 3.85. The van der Waals surface area contributed by atoms with E-state index in [2.05, 4.69) is 5.32 Å². The summed E-state index contributed by atoms with van der Waals surface area (Å²) in [6.07, 6.45) is 1.71. The molecule has 0 unspecified atom stereocenters. The van der Waals surface area contributed by atoms with Gasteiger partial charge in [-0.25, -0.2) is 0 Å². The third kappa shape index (κ3) is 3.39. The first-order valence-electron chi connectivity index (χ1n) is 5.96. The highest BCUT2D eigenvalue weighted by Gasteiger charge is 2.30. The summed E-state index contributed by atoms with van der Waals surface area (Å²) in [6, 6.07) is 4.55. The van der Waals surface area contributed by atoms with E-state index < -0.39 is 5.97 Å². The Morgan fingerprint density at radius 1 is 1.26 bits per heavy atom. The van der Waals surface area contributed by atoms with E-state index in [0.29, 0.717) is 34.9 Å². The van der Waals surface area contributed by atoms with Crippen LogP contribution in [0.5, 0.6) is 0 Å². The standard InChI is InChI=1S/C13H13Cl2NO3/c14-8-2-4-11(15)10(6-8)12(17)16-9-3-1-7(5-9)13(18)19/h2,4,6-7,9H,1,3,5H2,(H,16,17)(H,18,19)/t7-,9+/m0/s1. The number of rotatable bonds is 3. The van der Waals surface area contributed by atoms with E-state index in [1.54, 1.807) is 12.1 Å². The number of hydrogen-bond donors (Lipinski definition) is 2. The van der Waals surface area contributed by atoms with Gasteiger partial charge in [-0.05, 0) is 37.5 Å². The average molecular weight is 302 g/mol. The minimum absolute atomic E-state index is 0.122. The quantitative estimate of drug-likeness (QED) is 0.902. The first-order valence-corrected chi connectivity index (χ1v) is 6.71. The summed E-state index contributed by atoms with van der Waals surface area (Å²) in [4.78, 5) is 22.9. The Balaban J connectivity index is 2.02. The molecule has 2 atom stereocenters. The number of hydrogen-bond acceptors (Lipinski definition) is 2. The van der Waals surface area contributed by atoms with Crippen LogP contribution in [-0.2, 0) is 4.79 Å². The molecule has 4 nitrogen and oxygen atoms in total. The summed E-state index contributed by atoms with van der Waals surface area (Å²) in [6.45, 7) is 0. The number of carbonyl (C=O) groups excluding carboxylic acids is 1. The molecule has 0 heterocycles. The predicted octanol–water partition coefficient (Wildman–Crippen LogP) is 2.98. The normalized spacial score (nSPS) is 22.2. The summed E-state index contributed by atoms with van der Waals surface area (Å²) < 4.78 is 0. The molecule has 1 amide bonds. The van der Waals surface area contributed by atoms with Crippen molar-refractivity contribution in [3.63, 3.8) is 0 Å². The highest BCUT2D eigenvalue weighted by molar-refractivity contribution is 6.35. The van der Waals surface area contributed by atoms with Gasteiger partial charge in [0.25, 0.3) is 5.91 Å². The van der Waals surface area contributed by atoms with Gasteiger partial charge in [0.1, 0.15) is 0 Å². The van der Waals surface area contributed by atoms with E-state index in [1.807, 2.05) is 0 Å². The van der Waals surface area contributed by atoms with Gasteiger partial charge >= 0.3 is 5.97 Å². The topological polar surface area (TPSA) is 66.4 Å². The minimum atomic E-state index is -0.808. The van der Waals surface area contributed by atoms with Crippen molar-refractivity contribution in [3.8, 4) is 0 Å². The molecular weight excluding hydrogens is 289 g/mol. The number of nitrogens with one attached hydrogen (secondary N) is 1. The summed E-state index contributed by atoms with van der Waals surface area (Å²) in [7, 11) is 0. The van der Waals surface area contributed by atoms with Crippen molar-refractivity contribution in [2.45, 2.75) is 25.3 Å². The van der Waals surface area contributed by atoms with Gasteiger partial charge in [-0.3, -0.25) is 9.59 Å². The van der Waals surface area contributed by atoms with Gasteiger partial charge < -0.3 is 10.4 Å². The molecule has 1 aromatic carbocycles. The molecule has 6 heteroatoms. The van der Waals surface area contributed by atoms with E-state index in [-0.39, 0.29) is 17.9 Å². The predicted molar refractivity (Wildman–Crippen MR) is 72.7 cm³/mol. The van der Waals surface area contributed by atoms with Crippen molar-refractivity contribution in [2.24, 2.45) is 5.92 Å². The lowest BCUT2D eigenvalue weighted by Crippen LogP contribution is -2.33. The Morgan fingerprint density at radius 2 is 2.00 bits per heavy atom. The first kappa shape index (κ1) is 14.2. The highest BCUT2D eigenvalue weighted by Crippen LogP contribution is 2.27. The number of carboxylic acids is 1. The summed E-state index contributed by atoms with van der Waals surface area (Å²) in [5, 5.41) is 12.5. The van der Waals surface area contributed by atoms with E-state index in [1.165, 1.54) is 6.07 Å². The molecule has 0 aliphatic heterocycles. The maximum Gasteiger partial charge on any atom is 0.306 e. The van der Waals surface area contributed by atoms with Crippen LogP contribution >= 0.6 is 23.2 Å². The lowest BCUT2D eigenvalue weighted by molar-refractivity contribution is -0.141. The van der Waals surface area contributed by atoms with E-state index in [4.69, 9.17) is 28.3 Å². The maximum absolute atomic E-state index is 12.0. The number of carbonyl (C=O) groups is 2. The van der Waals surface area contributed by atoms with Gasteiger partial charge in [0, 0.05) is 11.1 Å². The summed E-state index contributed by atoms with van der Waals surface area (Å²) >= 11 is 11.8. The molecular formula is C13H13Cl2NO3. The van der Waals surface area contributed by atoms with Crippen molar-refractivity contribution in [2.75, 3.05) is 0 Å². The van der Waals surface area contributed by atoms with Gasteiger partial charge in [-0.15, -0.1) is 0 Å². The van der Waals surface area contributed by atoms with Gasteiger partial charge in [-0.1, -0.05) is 23.2 Å². The molecule has 2 N–H and O–H groups in total. The molecule has 19 heavy (non-hydrogen) atoms. The van der Waals surface area contributed by atoms with E-state index >= 15 is 0 Å². The van der Waals surface area contributed by atoms with Crippen molar-refractivity contribution in [1.82, 2.24) is 5.32 Å². The number of benzene rings is 1. The number of aliphatic carboxylic acids is 1. The van der Waals surface area contributed by atoms with Gasteiger partial charge in [0.05, 0.1) is 16.5 Å². The monoisotopic (exact) mass is 301 g/mol. The number of carboxylic acid groups (broad SMARTS) is 1. The fourth-order valence-corrected chi connectivity index (χ4v) is 2.65. The minimum Gasteiger partial charge on any atom is -0.481 e. The number of amides is 1. The smallest absolute Gasteiger partial charge is 0.306 e. The van der Waals surface area contributed by atoms with Crippen LogP contribution in [0.3, 0.4) is 0 Å². The first-order chi connectivity index (χ1) is 8.97. The second-order valence-electron chi connectivity index (χ2n) is 4.64. The zero-order chi connectivity index (χ0) is 14.0. The Hall–Kier alpha value is -1.26. The maximum atomic E-state index is 12.0. The molecule has 0 saturated heterocycles. The van der Waals surface area contributed by atoms with Gasteiger partial charge in [0.2, 0.25) is 0 Å². The van der Waals surface area contributed by atoms with Crippen molar-refractivity contribution >= 4 is 35.1 Å². The van der Waals surface area contributed by atoms with Crippen molar-refractivity contribution < 1.29 is 14.7 Å². The lowest BCUT2D eigenvalue weighted by Gasteiger charge is -2.13. The fourth-order valence-electron chi connectivity index (χ4n) is 2.27. The summed E-state index contributed by atoms with van der Waals surface area (Å²) in [5.74, 6) is -1.50. The summed E-state index contributed by atoms with van der Waals surface area (Å²) in [5.41, 5.74) is 0.313. The van der Waals surface area contributed by atoms with Crippen LogP contribution < -0.4 is 5.32 Å². The molecule has 1 aliphatic carbocycles. The Labute approximate surface area is 120 Å². The molecule has 1 aromatic rings. The van der Waals surface area contributed by atoms with Crippen LogP contribution in [0.4, 0.5) is 0 Å². The van der Waals surface area contributed by atoms with Crippen LogP contribution in [0.2, 0.25) is 10.0 Å². The molecule has 0 radical (unpaired) electrons. The van der Waals surface area contributed by atoms with Crippen LogP contribution in [0.25, 0.3) is 0 Å². The van der Waals surface area contributed by atoms with Crippen molar-refractivity contribution in [1.29, 1.82) is 0 Å². The zero-order valence-corrected chi connectivity index (χ0v) is 11.5. The van der Waals surface area contributed by atoms with E-state index in [9.17, 15) is 9.59 Å². The van der Waals surface area contributed by atoms with Crippen LogP contribution in [0, 0.1) is 5.92 Å². The largest absolute Gasteiger partial charge is 0.481 e. The molecule has 0 bridgehead atoms. The van der Waals surface area contributed by atoms with Gasteiger partial charge in [-0.2, -0.15) is 0 Å². The zero-order valence-electron chi connectivity index (χ0n) is 10.0. The Morgan fingerprint density at radius 3 is 2.63 bits per heavy atom.